The van der Waals surface area contributed by atoms with E-state index in [1.807, 2.05) is 48.5 Å². The van der Waals surface area contributed by atoms with E-state index in [1.54, 1.807) is 43.5 Å². The number of nitrogens with one attached hydrogen (secondary N) is 1. The SMILES string of the molecule is COc1ccc(NC(=O)CC2SC(N3N=C(c4ccc(OC)cc4)CC3c3cccc(Cl)c3)=NC2=O)cc1. The van der Waals surface area contributed by atoms with Gasteiger partial charge in [-0.3, -0.25) is 9.59 Å². The minimum atomic E-state index is -0.636. The lowest BCUT2D eigenvalue weighted by Crippen LogP contribution is -2.25. The van der Waals surface area contributed by atoms with Crippen LogP contribution in [0.5, 0.6) is 11.5 Å². The summed E-state index contributed by atoms with van der Waals surface area (Å²) in [6.45, 7) is 0. The fraction of sp³-hybridized carbons (Fsp3) is 0.214. The van der Waals surface area contributed by atoms with Crippen molar-refractivity contribution in [1.29, 1.82) is 0 Å². The van der Waals surface area contributed by atoms with Crippen LogP contribution in [0.1, 0.15) is 30.0 Å². The van der Waals surface area contributed by atoms with Gasteiger partial charge in [-0.2, -0.15) is 10.1 Å². The smallest absolute Gasteiger partial charge is 0.262 e. The fourth-order valence-corrected chi connectivity index (χ4v) is 5.54. The first kappa shape index (κ1) is 25.8. The van der Waals surface area contributed by atoms with Crippen LogP contribution in [-0.2, 0) is 9.59 Å². The van der Waals surface area contributed by atoms with E-state index in [4.69, 9.17) is 26.2 Å². The number of ether oxygens (including phenoxy) is 2. The Morgan fingerprint density at radius 3 is 2.39 bits per heavy atom. The van der Waals surface area contributed by atoms with Gasteiger partial charge in [0.05, 0.1) is 26.0 Å². The van der Waals surface area contributed by atoms with Gasteiger partial charge in [-0.15, -0.1) is 0 Å². The Labute approximate surface area is 229 Å². The van der Waals surface area contributed by atoms with E-state index in [-0.39, 0.29) is 24.3 Å². The first-order valence-electron chi connectivity index (χ1n) is 11.9. The molecule has 0 radical (unpaired) electrons. The van der Waals surface area contributed by atoms with Crippen molar-refractivity contribution in [3.8, 4) is 11.5 Å². The van der Waals surface area contributed by atoms with Gasteiger partial charge in [0.1, 0.15) is 16.7 Å². The van der Waals surface area contributed by atoms with Gasteiger partial charge in [0.2, 0.25) is 5.91 Å². The fourth-order valence-electron chi connectivity index (χ4n) is 4.28. The van der Waals surface area contributed by atoms with Gasteiger partial charge < -0.3 is 14.8 Å². The molecule has 0 saturated heterocycles. The number of hydrogen-bond donors (Lipinski definition) is 1. The van der Waals surface area contributed by atoms with Gasteiger partial charge >= 0.3 is 0 Å². The molecule has 10 heteroatoms. The molecule has 8 nitrogen and oxygen atoms in total. The molecule has 1 N–H and O–H groups in total. The van der Waals surface area contributed by atoms with Crippen LogP contribution in [0.2, 0.25) is 5.02 Å². The van der Waals surface area contributed by atoms with Gasteiger partial charge in [0.25, 0.3) is 5.91 Å². The molecule has 38 heavy (non-hydrogen) atoms. The molecule has 2 aliphatic rings. The molecule has 3 aromatic carbocycles. The second-order valence-corrected chi connectivity index (χ2v) is 10.3. The lowest BCUT2D eigenvalue weighted by atomic mass is 9.98. The molecule has 0 saturated carbocycles. The van der Waals surface area contributed by atoms with Crippen LogP contribution >= 0.6 is 23.4 Å². The number of amides is 2. The van der Waals surface area contributed by atoms with Crippen molar-refractivity contribution in [2.45, 2.75) is 24.1 Å². The summed E-state index contributed by atoms with van der Waals surface area (Å²) in [6, 6.07) is 22.1. The summed E-state index contributed by atoms with van der Waals surface area (Å²) in [5, 5.41) is 9.91. The van der Waals surface area contributed by atoms with Gasteiger partial charge in [0, 0.05) is 23.6 Å². The van der Waals surface area contributed by atoms with Crippen LogP contribution < -0.4 is 14.8 Å². The van der Waals surface area contributed by atoms with Crippen LogP contribution in [0.4, 0.5) is 5.69 Å². The van der Waals surface area contributed by atoms with Gasteiger partial charge in [-0.05, 0) is 71.8 Å². The van der Waals surface area contributed by atoms with E-state index in [2.05, 4.69) is 10.3 Å². The van der Waals surface area contributed by atoms with E-state index >= 15 is 0 Å². The Bertz CT molecular complexity index is 1410. The number of thioether (sulfide) groups is 1. The number of rotatable bonds is 7. The Morgan fingerprint density at radius 2 is 1.74 bits per heavy atom. The number of anilines is 1. The van der Waals surface area contributed by atoms with Crippen LogP contribution in [0.25, 0.3) is 0 Å². The molecule has 0 spiro atoms. The maximum Gasteiger partial charge on any atom is 0.262 e. The summed E-state index contributed by atoms with van der Waals surface area (Å²) in [4.78, 5) is 29.8. The molecule has 2 atom stereocenters. The monoisotopic (exact) mass is 548 g/mol. The standard InChI is InChI=1S/C28H25ClN4O4S/c1-36-21-10-6-17(7-11-21)23-15-24(18-4-3-5-19(29)14-18)33(32-23)28-31-27(35)25(38-28)16-26(34)30-20-8-12-22(37-2)13-9-20/h3-14,24-25H,15-16H2,1-2H3,(H,30,34). The summed E-state index contributed by atoms with van der Waals surface area (Å²) >= 11 is 7.55. The Kier molecular flexibility index (Phi) is 7.67. The number of hydrazone groups is 1. The quantitative estimate of drug-likeness (QED) is 0.417. The van der Waals surface area contributed by atoms with E-state index in [9.17, 15) is 9.59 Å². The van der Waals surface area contributed by atoms with Crippen molar-refractivity contribution in [3.05, 3.63) is 88.9 Å². The summed E-state index contributed by atoms with van der Waals surface area (Å²) in [5.74, 6) is 0.824. The molecule has 5 rings (SSSR count). The van der Waals surface area contributed by atoms with E-state index in [0.717, 1.165) is 22.6 Å². The highest BCUT2D eigenvalue weighted by Crippen LogP contribution is 2.39. The number of carbonyl (C=O) groups excluding carboxylic acids is 2. The van der Waals surface area contributed by atoms with Crippen molar-refractivity contribution in [1.82, 2.24) is 5.01 Å². The van der Waals surface area contributed by atoms with Crippen molar-refractivity contribution in [3.63, 3.8) is 0 Å². The number of hydrogen-bond acceptors (Lipinski definition) is 7. The number of carbonyl (C=O) groups is 2. The van der Waals surface area contributed by atoms with Crippen LogP contribution in [0, 0.1) is 0 Å². The van der Waals surface area contributed by atoms with Crippen LogP contribution in [-0.4, -0.2) is 47.2 Å². The summed E-state index contributed by atoms with van der Waals surface area (Å²) < 4.78 is 10.4. The predicted octanol–water partition coefficient (Wildman–Crippen LogP) is 5.54. The minimum Gasteiger partial charge on any atom is -0.497 e. The summed E-state index contributed by atoms with van der Waals surface area (Å²) in [7, 11) is 3.20. The molecule has 0 aliphatic carbocycles. The lowest BCUT2D eigenvalue weighted by molar-refractivity contribution is -0.121. The number of amidine groups is 1. The molecular weight excluding hydrogens is 524 g/mol. The number of halogens is 1. The van der Waals surface area contributed by atoms with Crippen LogP contribution in [0.3, 0.4) is 0 Å². The number of benzene rings is 3. The predicted molar refractivity (Wildman–Crippen MR) is 150 cm³/mol. The molecular formula is C28H25ClN4O4S. The van der Waals surface area contributed by atoms with Crippen molar-refractivity contribution >= 4 is 51.7 Å². The highest BCUT2D eigenvalue weighted by Gasteiger charge is 2.39. The highest BCUT2D eigenvalue weighted by molar-refractivity contribution is 8.15. The van der Waals surface area contributed by atoms with Crippen LogP contribution in [0.15, 0.2) is 82.9 Å². The Hall–Kier alpha value is -3.82. The normalized spacial score (nSPS) is 18.7. The third kappa shape index (κ3) is 5.69. The molecule has 2 heterocycles. The maximum atomic E-state index is 12.8. The Balaban J connectivity index is 1.33. The molecule has 0 aromatic heterocycles. The van der Waals surface area contributed by atoms with E-state index < -0.39 is 5.25 Å². The number of methoxy groups -OCH3 is 2. The average molecular weight is 549 g/mol. The van der Waals surface area contributed by atoms with Gasteiger partial charge in [-0.1, -0.05) is 35.5 Å². The summed E-state index contributed by atoms with van der Waals surface area (Å²) in [6.07, 6.45) is 0.594. The molecule has 2 amide bonds. The highest BCUT2D eigenvalue weighted by atomic mass is 35.5. The molecule has 2 aliphatic heterocycles. The molecule has 194 valence electrons. The zero-order valence-corrected chi connectivity index (χ0v) is 22.3. The lowest BCUT2D eigenvalue weighted by Gasteiger charge is -2.23. The minimum absolute atomic E-state index is 0.00669. The molecule has 0 fully saturated rings. The van der Waals surface area contributed by atoms with E-state index in [0.29, 0.717) is 28.0 Å². The van der Waals surface area contributed by atoms with Gasteiger partial charge in [-0.25, -0.2) is 5.01 Å². The third-order valence-electron chi connectivity index (χ3n) is 6.24. The molecule has 2 unspecified atom stereocenters. The molecule has 0 bridgehead atoms. The van der Waals surface area contributed by atoms with Crippen molar-refractivity contribution in [2.75, 3.05) is 19.5 Å². The second kappa shape index (κ2) is 11.3. The first-order chi connectivity index (χ1) is 18.4. The summed E-state index contributed by atoms with van der Waals surface area (Å²) in [5.41, 5.74) is 3.39. The molecule has 3 aromatic rings. The van der Waals surface area contributed by atoms with E-state index in [1.165, 1.54) is 11.8 Å². The largest absolute Gasteiger partial charge is 0.497 e. The van der Waals surface area contributed by atoms with Crippen molar-refractivity contribution in [2.24, 2.45) is 10.1 Å². The zero-order chi connectivity index (χ0) is 26.6. The average Bonchev–Trinajstić information content (AvgIpc) is 3.53. The first-order valence-corrected chi connectivity index (χ1v) is 13.2. The van der Waals surface area contributed by atoms with Crippen molar-refractivity contribution < 1.29 is 19.1 Å². The third-order valence-corrected chi connectivity index (χ3v) is 7.61. The number of nitrogens with zero attached hydrogens (tertiary/aromatic N) is 3. The Morgan fingerprint density at radius 1 is 1.05 bits per heavy atom. The maximum absolute atomic E-state index is 12.8. The number of aliphatic imine (C=N–C) groups is 1. The topological polar surface area (TPSA) is 92.6 Å². The second-order valence-electron chi connectivity index (χ2n) is 8.71. The zero-order valence-electron chi connectivity index (χ0n) is 20.8. The van der Waals surface area contributed by atoms with Gasteiger partial charge in [0.15, 0.2) is 5.17 Å².